The smallest absolute Gasteiger partial charge is 0.0413 e. The van der Waals surface area contributed by atoms with E-state index in [-0.39, 0.29) is 0 Å². The van der Waals surface area contributed by atoms with E-state index in [9.17, 15) is 0 Å². The third kappa shape index (κ3) is 5.20. The molecular formula is C17H20Br2N2. The Morgan fingerprint density at radius 1 is 1.10 bits per heavy atom. The van der Waals surface area contributed by atoms with Crippen LogP contribution in [0.15, 0.2) is 51.5 Å². The second-order valence-electron chi connectivity index (χ2n) is 5.45. The van der Waals surface area contributed by atoms with Crippen molar-refractivity contribution in [3.8, 4) is 0 Å². The third-order valence-corrected chi connectivity index (χ3v) is 4.55. The van der Waals surface area contributed by atoms with E-state index in [0.717, 1.165) is 27.6 Å². The Morgan fingerprint density at radius 3 is 2.48 bits per heavy atom. The molecule has 1 atom stereocenters. The van der Waals surface area contributed by atoms with Gasteiger partial charge in [0.1, 0.15) is 0 Å². The highest BCUT2D eigenvalue weighted by Gasteiger charge is 2.16. The predicted octanol–water partition coefficient (Wildman–Crippen LogP) is 4.93. The first-order chi connectivity index (χ1) is 10.1. The summed E-state index contributed by atoms with van der Waals surface area (Å²) < 4.78 is 2.18. The van der Waals surface area contributed by atoms with Crippen molar-refractivity contribution in [2.45, 2.75) is 32.2 Å². The fraction of sp³-hybridized carbons (Fsp3) is 0.353. The molecule has 0 aliphatic heterocycles. The van der Waals surface area contributed by atoms with Crippen LogP contribution < -0.4 is 5.32 Å². The molecule has 0 amide bonds. The van der Waals surface area contributed by atoms with Crippen molar-refractivity contribution in [3.63, 3.8) is 0 Å². The van der Waals surface area contributed by atoms with E-state index >= 15 is 0 Å². The number of nitrogens with zero attached hydrogens (tertiary/aromatic N) is 1. The van der Waals surface area contributed by atoms with Gasteiger partial charge in [-0.05, 0) is 46.1 Å². The average Bonchev–Trinajstić information content (AvgIpc) is 2.46. The molecule has 0 aliphatic carbocycles. The molecule has 1 aromatic carbocycles. The van der Waals surface area contributed by atoms with E-state index in [1.165, 1.54) is 5.56 Å². The molecule has 0 aliphatic rings. The van der Waals surface area contributed by atoms with Crippen LogP contribution >= 0.6 is 31.9 Å². The van der Waals surface area contributed by atoms with Crippen molar-refractivity contribution < 1.29 is 0 Å². The van der Waals surface area contributed by atoms with E-state index in [2.05, 4.69) is 92.4 Å². The number of halogens is 2. The summed E-state index contributed by atoms with van der Waals surface area (Å²) in [6.45, 7) is 5.29. The molecule has 0 bridgehead atoms. The van der Waals surface area contributed by atoms with Gasteiger partial charge in [0, 0.05) is 39.3 Å². The minimum Gasteiger partial charge on any atom is -0.314 e. The van der Waals surface area contributed by atoms with Gasteiger partial charge in [-0.1, -0.05) is 48.0 Å². The lowest BCUT2D eigenvalue weighted by molar-refractivity contribution is 0.523. The van der Waals surface area contributed by atoms with Gasteiger partial charge in [-0.25, -0.2) is 0 Å². The minimum atomic E-state index is 0.400. The average molecular weight is 412 g/mol. The first kappa shape index (κ1) is 16.7. The summed E-state index contributed by atoms with van der Waals surface area (Å²) in [5, 5.41) is 3.55. The van der Waals surface area contributed by atoms with Crippen LogP contribution in [0.2, 0.25) is 0 Å². The lowest BCUT2D eigenvalue weighted by Gasteiger charge is -2.21. The molecule has 2 aromatic rings. The van der Waals surface area contributed by atoms with Gasteiger partial charge in [-0.2, -0.15) is 0 Å². The number of pyridine rings is 1. The van der Waals surface area contributed by atoms with Gasteiger partial charge in [-0.3, -0.25) is 4.98 Å². The number of hydrogen-bond acceptors (Lipinski definition) is 2. The van der Waals surface area contributed by atoms with Crippen LogP contribution in [0.1, 0.15) is 31.0 Å². The number of hydrogen-bond donors (Lipinski definition) is 1. The summed E-state index contributed by atoms with van der Waals surface area (Å²) >= 11 is 7.11. The molecular weight excluding hydrogens is 392 g/mol. The second-order valence-corrected chi connectivity index (χ2v) is 7.22. The predicted molar refractivity (Wildman–Crippen MR) is 95.7 cm³/mol. The highest BCUT2D eigenvalue weighted by Crippen LogP contribution is 2.27. The fourth-order valence-corrected chi connectivity index (χ4v) is 3.10. The lowest BCUT2D eigenvalue weighted by atomic mass is 9.93. The molecule has 2 rings (SSSR count). The van der Waals surface area contributed by atoms with Crippen LogP contribution in [0, 0.1) is 0 Å². The topological polar surface area (TPSA) is 24.9 Å². The van der Waals surface area contributed by atoms with Crippen molar-refractivity contribution in [1.82, 2.24) is 10.3 Å². The molecule has 0 spiro atoms. The normalized spacial score (nSPS) is 12.6. The monoisotopic (exact) mass is 410 g/mol. The van der Waals surface area contributed by atoms with E-state index in [4.69, 9.17) is 0 Å². The Labute approximate surface area is 143 Å². The maximum absolute atomic E-state index is 4.51. The van der Waals surface area contributed by atoms with Gasteiger partial charge in [0.25, 0.3) is 0 Å². The molecule has 1 heterocycles. The van der Waals surface area contributed by atoms with Crippen LogP contribution in [-0.2, 0) is 6.42 Å². The molecule has 4 heteroatoms. The van der Waals surface area contributed by atoms with E-state index in [1.54, 1.807) is 0 Å². The maximum atomic E-state index is 4.51. The van der Waals surface area contributed by atoms with Crippen LogP contribution in [0.25, 0.3) is 0 Å². The van der Waals surface area contributed by atoms with E-state index < -0.39 is 0 Å². The van der Waals surface area contributed by atoms with E-state index in [1.807, 2.05) is 6.20 Å². The number of aromatic nitrogens is 1. The zero-order valence-corrected chi connectivity index (χ0v) is 15.5. The Kier molecular flexibility index (Phi) is 6.40. The maximum Gasteiger partial charge on any atom is 0.0413 e. The van der Waals surface area contributed by atoms with Gasteiger partial charge >= 0.3 is 0 Å². The van der Waals surface area contributed by atoms with Gasteiger partial charge in [-0.15, -0.1) is 0 Å². The molecule has 1 aromatic heterocycles. The molecule has 2 nitrogen and oxygen atoms in total. The quantitative estimate of drug-likeness (QED) is 0.728. The standard InChI is InChI=1S/C17H20Br2N2/c1-12(2)20-10-13(16-5-3-4-6-17(16)19)9-15-8-7-14(18)11-21-15/h3-8,11-13,20H,9-10H2,1-2H3. The second kappa shape index (κ2) is 8.06. The van der Waals surface area contributed by atoms with Gasteiger partial charge in [0.15, 0.2) is 0 Å². The molecule has 0 saturated carbocycles. The number of benzene rings is 1. The van der Waals surface area contributed by atoms with Crippen molar-refractivity contribution in [2.24, 2.45) is 0 Å². The Hall–Kier alpha value is -0.710. The fourth-order valence-electron chi connectivity index (χ4n) is 2.26. The van der Waals surface area contributed by atoms with Gasteiger partial charge in [0.2, 0.25) is 0 Å². The number of nitrogens with one attached hydrogen (secondary N) is 1. The van der Waals surface area contributed by atoms with Crippen LogP contribution in [0.4, 0.5) is 0 Å². The van der Waals surface area contributed by atoms with Gasteiger partial charge in [0.05, 0.1) is 0 Å². The SMILES string of the molecule is CC(C)NCC(Cc1ccc(Br)cn1)c1ccccc1Br. The minimum absolute atomic E-state index is 0.400. The van der Waals surface area contributed by atoms with Crippen molar-refractivity contribution in [3.05, 3.63) is 62.8 Å². The largest absolute Gasteiger partial charge is 0.314 e. The number of rotatable bonds is 6. The van der Waals surface area contributed by atoms with Crippen LogP contribution in [0.5, 0.6) is 0 Å². The summed E-state index contributed by atoms with van der Waals surface area (Å²) in [5.41, 5.74) is 2.44. The Bertz CT molecular complexity index is 567. The molecule has 21 heavy (non-hydrogen) atoms. The first-order valence-corrected chi connectivity index (χ1v) is 8.73. The highest BCUT2D eigenvalue weighted by atomic mass is 79.9. The molecule has 0 saturated heterocycles. The molecule has 0 radical (unpaired) electrons. The van der Waals surface area contributed by atoms with Crippen molar-refractivity contribution in [1.29, 1.82) is 0 Å². The molecule has 0 fully saturated rings. The highest BCUT2D eigenvalue weighted by molar-refractivity contribution is 9.10. The molecule has 1 N–H and O–H groups in total. The zero-order valence-electron chi connectivity index (χ0n) is 12.3. The molecule has 1 unspecified atom stereocenters. The molecule has 112 valence electrons. The van der Waals surface area contributed by atoms with Crippen LogP contribution in [-0.4, -0.2) is 17.6 Å². The summed E-state index contributed by atoms with van der Waals surface area (Å²) in [4.78, 5) is 4.51. The lowest BCUT2D eigenvalue weighted by Crippen LogP contribution is -2.29. The van der Waals surface area contributed by atoms with E-state index in [0.29, 0.717) is 12.0 Å². The van der Waals surface area contributed by atoms with Crippen LogP contribution in [0.3, 0.4) is 0 Å². The van der Waals surface area contributed by atoms with Gasteiger partial charge < -0.3 is 5.32 Å². The first-order valence-electron chi connectivity index (χ1n) is 7.14. The zero-order chi connectivity index (χ0) is 15.2. The van der Waals surface area contributed by atoms with Crippen molar-refractivity contribution >= 4 is 31.9 Å². The summed E-state index contributed by atoms with van der Waals surface area (Å²) in [6.07, 6.45) is 2.79. The van der Waals surface area contributed by atoms with Crippen molar-refractivity contribution in [2.75, 3.05) is 6.54 Å². The Balaban J connectivity index is 2.19. The summed E-state index contributed by atoms with van der Waals surface area (Å²) in [5.74, 6) is 0.400. The Morgan fingerprint density at radius 2 is 1.86 bits per heavy atom. The summed E-state index contributed by atoms with van der Waals surface area (Å²) in [7, 11) is 0. The third-order valence-electron chi connectivity index (χ3n) is 3.36. The summed E-state index contributed by atoms with van der Waals surface area (Å²) in [6, 6.07) is 13.1.